The van der Waals surface area contributed by atoms with Crippen LogP contribution in [0.25, 0.3) is 11.0 Å². The Labute approximate surface area is 121 Å². The predicted molar refractivity (Wildman–Crippen MR) is 73.4 cm³/mol. The van der Waals surface area contributed by atoms with Gasteiger partial charge in [-0.3, -0.25) is 4.79 Å². The van der Waals surface area contributed by atoms with E-state index in [1.807, 2.05) is 16.7 Å². The molecule has 0 atom stereocenters. The quantitative estimate of drug-likeness (QED) is 0.873. The SMILES string of the molecule is COCc1nc2cc3c(cc2n1CCCC(=O)O)OCO3. The lowest BCUT2D eigenvalue weighted by molar-refractivity contribution is -0.137. The Hall–Kier alpha value is -2.28. The lowest BCUT2D eigenvalue weighted by atomic mass is 10.2. The lowest BCUT2D eigenvalue weighted by Crippen LogP contribution is -2.07. The van der Waals surface area contributed by atoms with E-state index in [0.29, 0.717) is 31.1 Å². The molecule has 1 aliphatic rings. The molecule has 0 fully saturated rings. The van der Waals surface area contributed by atoms with Crippen LogP contribution in [0.15, 0.2) is 12.1 Å². The number of carboxylic acids is 1. The molecule has 0 saturated carbocycles. The van der Waals surface area contributed by atoms with Crippen LogP contribution in [0, 0.1) is 0 Å². The van der Waals surface area contributed by atoms with Crippen molar-refractivity contribution in [3.05, 3.63) is 18.0 Å². The van der Waals surface area contributed by atoms with Crippen LogP contribution in [-0.4, -0.2) is 34.5 Å². The Morgan fingerprint density at radius 3 is 2.90 bits per heavy atom. The maximum atomic E-state index is 10.7. The summed E-state index contributed by atoms with van der Waals surface area (Å²) in [4.78, 5) is 15.2. The van der Waals surface area contributed by atoms with Gasteiger partial charge in [0.2, 0.25) is 6.79 Å². The number of benzene rings is 1. The molecular weight excluding hydrogens is 276 g/mol. The second-order valence-corrected chi connectivity index (χ2v) is 4.80. The zero-order chi connectivity index (χ0) is 14.8. The number of carboxylic acid groups (broad SMARTS) is 1. The van der Waals surface area contributed by atoms with Gasteiger partial charge in [-0.1, -0.05) is 0 Å². The van der Waals surface area contributed by atoms with Crippen molar-refractivity contribution in [1.82, 2.24) is 9.55 Å². The first-order valence-electron chi connectivity index (χ1n) is 6.68. The van der Waals surface area contributed by atoms with Gasteiger partial charge in [-0.15, -0.1) is 0 Å². The average molecular weight is 292 g/mol. The first-order chi connectivity index (χ1) is 10.2. The van der Waals surface area contributed by atoms with Crippen LogP contribution in [0.1, 0.15) is 18.7 Å². The van der Waals surface area contributed by atoms with E-state index in [-0.39, 0.29) is 13.2 Å². The van der Waals surface area contributed by atoms with Gasteiger partial charge in [0, 0.05) is 32.2 Å². The molecule has 0 spiro atoms. The third kappa shape index (κ3) is 2.64. The number of ether oxygens (including phenoxy) is 3. The molecule has 21 heavy (non-hydrogen) atoms. The van der Waals surface area contributed by atoms with Gasteiger partial charge in [0.05, 0.1) is 11.0 Å². The number of hydrogen-bond acceptors (Lipinski definition) is 5. The summed E-state index contributed by atoms with van der Waals surface area (Å²) >= 11 is 0. The van der Waals surface area contributed by atoms with Gasteiger partial charge >= 0.3 is 5.97 Å². The van der Waals surface area contributed by atoms with E-state index in [0.717, 1.165) is 16.9 Å². The predicted octanol–water partition coefficient (Wildman–Crippen LogP) is 1.78. The molecule has 0 amide bonds. The van der Waals surface area contributed by atoms with E-state index in [1.54, 1.807) is 7.11 Å². The molecule has 1 aromatic carbocycles. The highest BCUT2D eigenvalue weighted by Crippen LogP contribution is 2.36. The zero-order valence-electron chi connectivity index (χ0n) is 11.7. The number of methoxy groups -OCH3 is 1. The number of imidazole rings is 1. The molecule has 0 saturated heterocycles. The fraction of sp³-hybridized carbons (Fsp3) is 0.429. The molecular formula is C14H16N2O5. The van der Waals surface area contributed by atoms with E-state index in [1.165, 1.54) is 0 Å². The summed E-state index contributed by atoms with van der Waals surface area (Å²) in [5.74, 6) is 1.33. The number of aliphatic carboxylic acids is 1. The minimum atomic E-state index is -0.801. The summed E-state index contributed by atoms with van der Waals surface area (Å²) in [5, 5.41) is 8.77. The molecule has 1 N–H and O–H groups in total. The van der Waals surface area contributed by atoms with Crippen molar-refractivity contribution >= 4 is 17.0 Å². The monoisotopic (exact) mass is 292 g/mol. The topological polar surface area (TPSA) is 82.8 Å². The number of hydrogen-bond donors (Lipinski definition) is 1. The summed E-state index contributed by atoms with van der Waals surface area (Å²) in [5.41, 5.74) is 1.69. The maximum absolute atomic E-state index is 10.7. The Kier molecular flexibility index (Phi) is 3.66. The number of fused-ring (bicyclic) bond motifs is 2. The number of aryl methyl sites for hydroxylation is 1. The van der Waals surface area contributed by atoms with Crippen molar-refractivity contribution in [2.75, 3.05) is 13.9 Å². The lowest BCUT2D eigenvalue weighted by Gasteiger charge is -2.08. The Bertz CT molecular complexity index is 680. The molecule has 2 aromatic rings. The molecule has 3 rings (SSSR count). The fourth-order valence-corrected chi connectivity index (χ4v) is 2.44. The van der Waals surface area contributed by atoms with Crippen molar-refractivity contribution in [3.8, 4) is 11.5 Å². The van der Waals surface area contributed by atoms with Gasteiger partial charge in [0.25, 0.3) is 0 Å². The second-order valence-electron chi connectivity index (χ2n) is 4.80. The normalized spacial score (nSPS) is 13.0. The summed E-state index contributed by atoms with van der Waals surface area (Å²) in [6, 6.07) is 3.72. The Morgan fingerprint density at radius 1 is 1.43 bits per heavy atom. The van der Waals surface area contributed by atoms with E-state index in [9.17, 15) is 4.79 Å². The first kappa shape index (κ1) is 13.7. The van der Waals surface area contributed by atoms with Crippen molar-refractivity contribution in [3.63, 3.8) is 0 Å². The van der Waals surface area contributed by atoms with E-state index in [4.69, 9.17) is 19.3 Å². The molecule has 7 heteroatoms. The Balaban J connectivity index is 1.97. The van der Waals surface area contributed by atoms with Gasteiger partial charge in [0.15, 0.2) is 11.5 Å². The van der Waals surface area contributed by atoms with Gasteiger partial charge in [-0.2, -0.15) is 0 Å². The van der Waals surface area contributed by atoms with Crippen LogP contribution in [0.2, 0.25) is 0 Å². The van der Waals surface area contributed by atoms with Crippen molar-refractivity contribution in [2.24, 2.45) is 0 Å². The van der Waals surface area contributed by atoms with Crippen LogP contribution >= 0.6 is 0 Å². The molecule has 0 unspecified atom stereocenters. The highest BCUT2D eigenvalue weighted by molar-refractivity contribution is 5.81. The van der Waals surface area contributed by atoms with E-state index in [2.05, 4.69) is 4.98 Å². The van der Waals surface area contributed by atoms with Crippen molar-refractivity contribution in [1.29, 1.82) is 0 Å². The smallest absolute Gasteiger partial charge is 0.303 e. The number of carbonyl (C=O) groups is 1. The first-order valence-corrected chi connectivity index (χ1v) is 6.68. The molecule has 7 nitrogen and oxygen atoms in total. The number of nitrogens with zero attached hydrogens (tertiary/aromatic N) is 2. The summed E-state index contributed by atoms with van der Waals surface area (Å²) in [7, 11) is 1.60. The number of aromatic nitrogens is 2. The minimum Gasteiger partial charge on any atom is -0.481 e. The standard InChI is InChI=1S/C14H16N2O5/c1-19-7-13-15-9-5-11-12(21-8-20-11)6-10(9)16(13)4-2-3-14(17)18/h5-6H,2-4,7-8H2,1H3,(H,17,18). The van der Waals surface area contributed by atoms with Gasteiger partial charge in [0.1, 0.15) is 12.4 Å². The third-order valence-electron chi connectivity index (χ3n) is 3.37. The Morgan fingerprint density at radius 2 is 2.19 bits per heavy atom. The van der Waals surface area contributed by atoms with Crippen LogP contribution < -0.4 is 9.47 Å². The van der Waals surface area contributed by atoms with Crippen LogP contribution in [0.3, 0.4) is 0 Å². The highest BCUT2D eigenvalue weighted by Gasteiger charge is 2.19. The van der Waals surface area contributed by atoms with Gasteiger partial charge < -0.3 is 23.9 Å². The zero-order valence-corrected chi connectivity index (χ0v) is 11.7. The molecule has 0 aliphatic carbocycles. The average Bonchev–Trinajstić information content (AvgIpc) is 3.01. The molecule has 2 heterocycles. The van der Waals surface area contributed by atoms with Crippen LogP contribution in [0.5, 0.6) is 11.5 Å². The minimum absolute atomic E-state index is 0.122. The third-order valence-corrected chi connectivity index (χ3v) is 3.37. The molecule has 1 aromatic heterocycles. The summed E-state index contributed by atoms with van der Waals surface area (Å²) in [6.07, 6.45) is 0.655. The van der Waals surface area contributed by atoms with Crippen LogP contribution in [0.4, 0.5) is 0 Å². The van der Waals surface area contributed by atoms with Gasteiger partial charge in [-0.05, 0) is 6.42 Å². The fourth-order valence-electron chi connectivity index (χ4n) is 2.44. The van der Waals surface area contributed by atoms with Crippen LogP contribution in [-0.2, 0) is 22.7 Å². The maximum Gasteiger partial charge on any atom is 0.303 e. The molecule has 0 bridgehead atoms. The van der Waals surface area contributed by atoms with Crippen molar-refractivity contribution < 1.29 is 24.1 Å². The summed E-state index contributed by atoms with van der Waals surface area (Å²) in [6.45, 7) is 1.15. The highest BCUT2D eigenvalue weighted by atomic mass is 16.7. The summed E-state index contributed by atoms with van der Waals surface area (Å²) < 4.78 is 17.9. The second kappa shape index (κ2) is 5.61. The number of rotatable bonds is 6. The van der Waals surface area contributed by atoms with E-state index < -0.39 is 5.97 Å². The van der Waals surface area contributed by atoms with Crippen molar-refractivity contribution in [2.45, 2.75) is 26.0 Å². The van der Waals surface area contributed by atoms with E-state index >= 15 is 0 Å². The molecule has 112 valence electrons. The largest absolute Gasteiger partial charge is 0.481 e. The van der Waals surface area contributed by atoms with Gasteiger partial charge in [-0.25, -0.2) is 4.98 Å². The molecule has 1 aliphatic heterocycles. The molecule has 0 radical (unpaired) electrons.